The lowest BCUT2D eigenvalue weighted by atomic mass is 10.2. The number of hydrogen-bond acceptors (Lipinski definition) is 3. The second kappa shape index (κ2) is 6.02. The van der Waals surface area contributed by atoms with Crippen LogP contribution >= 0.6 is 0 Å². The van der Waals surface area contributed by atoms with Crippen molar-refractivity contribution in [1.29, 1.82) is 5.26 Å². The lowest BCUT2D eigenvalue weighted by Crippen LogP contribution is -2.02. The average Bonchev–Trinajstić information content (AvgIpc) is 2.48. The first-order valence-electron chi connectivity index (χ1n) is 5.90. The van der Waals surface area contributed by atoms with E-state index in [0.717, 1.165) is 12.1 Å². The largest absolute Gasteiger partial charge is 0.495 e. The summed E-state index contributed by atoms with van der Waals surface area (Å²) < 4.78 is 31.1. The molecular weight excluding hydrogens is 262 g/mol. The summed E-state index contributed by atoms with van der Waals surface area (Å²) in [5.74, 6) is -1.23. The molecule has 0 heterocycles. The van der Waals surface area contributed by atoms with Crippen molar-refractivity contribution in [2.24, 2.45) is 0 Å². The molecule has 0 spiro atoms. The maximum absolute atomic E-state index is 13.1. The Hall–Kier alpha value is -2.61. The third-order valence-corrected chi connectivity index (χ3v) is 2.80. The van der Waals surface area contributed by atoms with E-state index in [9.17, 15) is 8.78 Å². The second-order valence-corrected chi connectivity index (χ2v) is 4.13. The number of ether oxygens (including phenoxy) is 1. The molecular formula is C15H12F2N2O. The van der Waals surface area contributed by atoms with Crippen LogP contribution in [0.4, 0.5) is 14.5 Å². The zero-order chi connectivity index (χ0) is 14.5. The number of anilines is 1. The standard InChI is InChI=1S/C15H12F2N2O/c1-20-15-7-10(8-18)3-5-14(15)19-9-11-2-4-12(16)13(17)6-11/h2-7,19H,9H2,1H3. The monoisotopic (exact) mass is 274 g/mol. The summed E-state index contributed by atoms with van der Waals surface area (Å²) in [6.07, 6.45) is 0. The van der Waals surface area contributed by atoms with Gasteiger partial charge in [-0.15, -0.1) is 0 Å². The van der Waals surface area contributed by atoms with Gasteiger partial charge >= 0.3 is 0 Å². The van der Waals surface area contributed by atoms with E-state index in [1.807, 2.05) is 6.07 Å². The van der Waals surface area contributed by atoms with Gasteiger partial charge in [0, 0.05) is 12.6 Å². The molecule has 0 saturated heterocycles. The highest BCUT2D eigenvalue weighted by atomic mass is 19.2. The van der Waals surface area contributed by atoms with Gasteiger partial charge in [0.25, 0.3) is 0 Å². The second-order valence-electron chi connectivity index (χ2n) is 4.13. The van der Waals surface area contributed by atoms with Crippen LogP contribution in [0.15, 0.2) is 36.4 Å². The summed E-state index contributed by atoms with van der Waals surface area (Å²) in [5, 5.41) is 11.9. The van der Waals surface area contributed by atoms with Gasteiger partial charge in [0.05, 0.1) is 24.4 Å². The molecule has 0 aliphatic carbocycles. The van der Waals surface area contributed by atoms with Crippen LogP contribution in [-0.2, 0) is 6.54 Å². The molecule has 0 unspecified atom stereocenters. The zero-order valence-corrected chi connectivity index (χ0v) is 10.8. The van der Waals surface area contributed by atoms with Crippen LogP contribution in [0.1, 0.15) is 11.1 Å². The lowest BCUT2D eigenvalue weighted by molar-refractivity contribution is 0.416. The molecule has 2 rings (SSSR count). The molecule has 0 aliphatic heterocycles. The lowest BCUT2D eigenvalue weighted by Gasteiger charge is -2.11. The van der Waals surface area contributed by atoms with Crippen molar-refractivity contribution >= 4 is 5.69 Å². The highest BCUT2D eigenvalue weighted by Crippen LogP contribution is 2.26. The normalized spacial score (nSPS) is 9.90. The molecule has 0 aromatic heterocycles. The topological polar surface area (TPSA) is 45.0 Å². The van der Waals surface area contributed by atoms with Gasteiger partial charge in [-0.1, -0.05) is 6.07 Å². The Balaban J connectivity index is 2.14. The first-order chi connectivity index (χ1) is 9.63. The number of nitrogens with zero attached hydrogens (tertiary/aromatic N) is 1. The Labute approximate surface area is 115 Å². The average molecular weight is 274 g/mol. The van der Waals surface area contributed by atoms with E-state index >= 15 is 0 Å². The molecule has 0 bridgehead atoms. The molecule has 1 N–H and O–H groups in total. The number of nitrogens with one attached hydrogen (secondary N) is 1. The molecule has 2 aromatic carbocycles. The summed E-state index contributed by atoms with van der Waals surface area (Å²) in [5.41, 5.74) is 1.77. The predicted octanol–water partition coefficient (Wildman–Crippen LogP) is 3.46. The number of nitriles is 1. The molecule has 5 heteroatoms. The van der Waals surface area contributed by atoms with Crippen molar-refractivity contribution in [1.82, 2.24) is 0 Å². The first-order valence-corrected chi connectivity index (χ1v) is 5.90. The van der Waals surface area contributed by atoms with Crippen LogP contribution in [0, 0.1) is 23.0 Å². The maximum atomic E-state index is 13.1. The Morgan fingerprint density at radius 1 is 1.15 bits per heavy atom. The summed E-state index contributed by atoms with van der Waals surface area (Å²) in [4.78, 5) is 0. The molecule has 0 fully saturated rings. The minimum Gasteiger partial charge on any atom is -0.495 e. The molecule has 3 nitrogen and oxygen atoms in total. The number of halogens is 2. The third kappa shape index (κ3) is 3.04. The van der Waals surface area contributed by atoms with Crippen LogP contribution in [0.25, 0.3) is 0 Å². The Kier molecular flexibility index (Phi) is 4.16. The fraction of sp³-hybridized carbons (Fsp3) is 0.133. The van der Waals surface area contributed by atoms with Crippen molar-refractivity contribution in [3.8, 4) is 11.8 Å². The summed E-state index contributed by atoms with van der Waals surface area (Å²) in [6.45, 7) is 0.319. The van der Waals surface area contributed by atoms with E-state index in [2.05, 4.69) is 5.32 Å². The van der Waals surface area contributed by atoms with Gasteiger partial charge in [-0.05, 0) is 29.8 Å². The third-order valence-electron chi connectivity index (χ3n) is 2.80. The van der Waals surface area contributed by atoms with E-state index in [0.29, 0.717) is 29.1 Å². The van der Waals surface area contributed by atoms with E-state index < -0.39 is 11.6 Å². The minimum atomic E-state index is -0.879. The van der Waals surface area contributed by atoms with E-state index in [4.69, 9.17) is 10.00 Å². The number of rotatable bonds is 4. The molecule has 0 radical (unpaired) electrons. The summed E-state index contributed by atoms with van der Waals surface area (Å²) in [7, 11) is 1.50. The van der Waals surface area contributed by atoms with Gasteiger partial charge < -0.3 is 10.1 Å². The SMILES string of the molecule is COc1cc(C#N)ccc1NCc1ccc(F)c(F)c1. The fourth-order valence-electron chi connectivity index (χ4n) is 1.75. The molecule has 0 aliphatic rings. The van der Waals surface area contributed by atoms with Gasteiger partial charge in [0.1, 0.15) is 5.75 Å². The molecule has 102 valence electrons. The van der Waals surface area contributed by atoms with Crippen molar-refractivity contribution in [2.45, 2.75) is 6.54 Å². The van der Waals surface area contributed by atoms with Crippen LogP contribution in [-0.4, -0.2) is 7.11 Å². The Morgan fingerprint density at radius 3 is 2.60 bits per heavy atom. The van der Waals surface area contributed by atoms with Crippen LogP contribution in [0.2, 0.25) is 0 Å². The van der Waals surface area contributed by atoms with Crippen molar-refractivity contribution in [2.75, 3.05) is 12.4 Å². The van der Waals surface area contributed by atoms with E-state index in [1.54, 1.807) is 18.2 Å². The minimum absolute atomic E-state index is 0.319. The highest BCUT2D eigenvalue weighted by molar-refractivity contribution is 5.59. The quantitative estimate of drug-likeness (QED) is 0.928. The van der Waals surface area contributed by atoms with Crippen LogP contribution < -0.4 is 10.1 Å². The van der Waals surface area contributed by atoms with Gasteiger partial charge in [-0.2, -0.15) is 5.26 Å². The molecule has 0 saturated carbocycles. The molecule has 20 heavy (non-hydrogen) atoms. The smallest absolute Gasteiger partial charge is 0.159 e. The molecule has 0 amide bonds. The number of hydrogen-bond donors (Lipinski definition) is 1. The molecule has 2 aromatic rings. The number of methoxy groups -OCH3 is 1. The number of benzene rings is 2. The van der Waals surface area contributed by atoms with Crippen LogP contribution in [0.3, 0.4) is 0 Å². The predicted molar refractivity (Wildman–Crippen MR) is 71.4 cm³/mol. The van der Waals surface area contributed by atoms with Crippen LogP contribution in [0.5, 0.6) is 5.75 Å². The zero-order valence-electron chi connectivity index (χ0n) is 10.8. The Bertz CT molecular complexity index is 665. The first kappa shape index (κ1) is 13.8. The fourth-order valence-corrected chi connectivity index (χ4v) is 1.75. The van der Waals surface area contributed by atoms with E-state index in [-0.39, 0.29) is 0 Å². The van der Waals surface area contributed by atoms with Crippen molar-refractivity contribution in [3.63, 3.8) is 0 Å². The van der Waals surface area contributed by atoms with Crippen molar-refractivity contribution < 1.29 is 13.5 Å². The van der Waals surface area contributed by atoms with Gasteiger partial charge in [-0.3, -0.25) is 0 Å². The van der Waals surface area contributed by atoms with Crippen molar-refractivity contribution in [3.05, 3.63) is 59.2 Å². The summed E-state index contributed by atoms with van der Waals surface area (Å²) >= 11 is 0. The van der Waals surface area contributed by atoms with Gasteiger partial charge in [0.15, 0.2) is 11.6 Å². The van der Waals surface area contributed by atoms with Gasteiger partial charge in [-0.25, -0.2) is 8.78 Å². The van der Waals surface area contributed by atoms with E-state index in [1.165, 1.54) is 13.2 Å². The highest BCUT2D eigenvalue weighted by Gasteiger charge is 2.06. The maximum Gasteiger partial charge on any atom is 0.159 e. The molecule has 0 atom stereocenters. The Morgan fingerprint density at radius 2 is 1.95 bits per heavy atom. The summed E-state index contributed by atoms with van der Waals surface area (Å²) in [6, 6.07) is 10.7. The van der Waals surface area contributed by atoms with Gasteiger partial charge in [0.2, 0.25) is 0 Å².